The number of carbonyl (C=O) groups is 1. The molecule has 100 valence electrons. The van der Waals surface area contributed by atoms with E-state index in [-0.39, 0.29) is 12.5 Å². The van der Waals surface area contributed by atoms with E-state index in [1.165, 1.54) is 11.3 Å². The number of rotatable bonds is 6. The summed E-state index contributed by atoms with van der Waals surface area (Å²) < 4.78 is 0. The van der Waals surface area contributed by atoms with Crippen LogP contribution in [0.25, 0.3) is 0 Å². The van der Waals surface area contributed by atoms with E-state index in [9.17, 15) is 4.79 Å². The predicted molar refractivity (Wildman–Crippen MR) is 71.7 cm³/mol. The van der Waals surface area contributed by atoms with Crippen LogP contribution in [0.15, 0.2) is 5.38 Å². The maximum Gasteiger partial charge on any atom is 0.225 e. The first-order valence-electron chi connectivity index (χ1n) is 6.15. The zero-order chi connectivity index (χ0) is 13.1. The molecule has 0 radical (unpaired) electrons. The van der Waals surface area contributed by atoms with Gasteiger partial charge in [-0.05, 0) is 19.9 Å². The Balaban J connectivity index is 2.02. The van der Waals surface area contributed by atoms with Crippen molar-refractivity contribution in [1.29, 1.82) is 0 Å². The van der Waals surface area contributed by atoms with Gasteiger partial charge >= 0.3 is 0 Å². The number of likely N-dealkylation sites (N-methyl/N-ethyl adjacent to an activating group) is 1. The summed E-state index contributed by atoms with van der Waals surface area (Å²) in [6, 6.07) is 0.358. The highest BCUT2D eigenvalue weighted by molar-refractivity contribution is 7.14. The highest BCUT2D eigenvalue weighted by Crippen LogP contribution is 2.33. The number of thiazole rings is 1. The quantitative estimate of drug-likeness (QED) is 0.839. The third-order valence-corrected chi connectivity index (χ3v) is 3.80. The first kappa shape index (κ1) is 13.5. The molecule has 0 saturated heterocycles. The molecule has 0 atom stereocenters. The molecule has 1 N–H and O–H groups in total. The topological polar surface area (TPSA) is 56.7 Å². The van der Waals surface area contributed by atoms with Crippen LogP contribution < -0.4 is 4.90 Å². The van der Waals surface area contributed by atoms with Gasteiger partial charge in [-0.15, -0.1) is 11.3 Å². The molecule has 2 rings (SSSR count). The summed E-state index contributed by atoms with van der Waals surface area (Å²) in [7, 11) is 1.94. The molecule has 1 aliphatic carbocycles. The van der Waals surface area contributed by atoms with Gasteiger partial charge in [0.15, 0.2) is 5.13 Å². The van der Waals surface area contributed by atoms with E-state index in [4.69, 9.17) is 5.11 Å². The number of hydrogen-bond acceptors (Lipinski definition) is 5. The molecule has 1 fully saturated rings. The first-order chi connectivity index (χ1) is 8.61. The third kappa shape index (κ3) is 3.28. The van der Waals surface area contributed by atoms with Crippen molar-refractivity contribution in [1.82, 2.24) is 9.88 Å². The number of carbonyl (C=O) groups excluding carboxylic acids is 1. The first-order valence-corrected chi connectivity index (χ1v) is 7.03. The molecule has 0 spiro atoms. The molecule has 5 nitrogen and oxygen atoms in total. The summed E-state index contributed by atoms with van der Waals surface area (Å²) in [6.07, 6.45) is 2.16. The highest BCUT2D eigenvalue weighted by Gasteiger charge is 2.33. The van der Waals surface area contributed by atoms with E-state index in [1.54, 1.807) is 11.8 Å². The number of aliphatic hydroxyl groups is 1. The molecule has 1 heterocycles. The van der Waals surface area contributed by atoms with Gasteiger partial charge in [0.1, 0.15) is 0 Å². The molecular weight excluding hydrogens is 250 g/mol. The Bertz CT molecular complexity index is 417. The second-order valence-corrected chi connectivity index (χ2v) is 5.54. The van der Waals surface area contributed by atoms with Gasteiger partial charge in [-0.25, -0.2) is 4.98 Å². The van der Waals surface area contributed by atoms with Gasteiger partial charge in [0.2, 0.25) is 5.91 Å². The number of nitrogens with zero attached hydrogens (tertiary/aromatic N) is 3. The maximum absolute atomic E-state index is 11.6. The lowest BCUT2D eigenvalue weighted by atomic mass is 10.4. The molecule has 0 aliphatic heterocycles. The van der Waals surface area contributed by atoms with Gasteiger partial charge in [0, 0.05) is 31.4 Å². The number of anilines is 1. The van der Waals surface area contributed by atoms with Gasteiger partial charge in [0.25, 0.3) is 0 Å². The highest BCUT2D eigenvalue weighted by atomic mass is 32.1. The van der Waals surface area contributed by atoms with Crippen molar-refractivity contribution in [2.24, 2.45) is 0 Å². The molecule has 0 unspecified atom stereocenters. The van der Waals surface area contributed by atoms with Gasteiger partial charge in [-0.2, -0.15) is 0 Å². The Kier molecular flexibility index (Phi) is 4.31. The van der Waals surface area contributed by atoms with Crippen molar-refractivity contribution < 1.29 is 9.90 Å². The summed E-state index contributed by atoms with van der Waals surface area (Å²) in [5.41, 5.74) is 0.956. The SMILES string of the molecule is CC(=O)N(c1nc(CN(C)CCO)cs1)C1CC1. The molecular formula is C12H19N3O2S. The minimum atomic E-state index is 0.0714. The van der Waals surface area contributed by atoms with Gasteiger partial charge < -0.3 is 5.11 Å². The molecule has 1 aromatic rings. The Morgan fingerprint density at radius 3 is 2.89 bits per heavy atom. The molecule has 1 aliphatic rings. The number of aliphatic hydroxyl groups excluding tert-OH is 1. The van der Waals surface area contributed by atoms with Crippen molar-refractivity contribution in [3.63, 3.8) is 0 Å². The van der Waals surface area contributed by atoms with Crippen LogP contribution in [0.4, 0.5) is 5.13 Å². The van der Waals surface area contributed by atoms with Crippen LogP contribution in [0.3, 0.4) is 0 Å². The fraction of sp³-hybridized carbons (Fsp3) is 0.667. The van der Waals surface area contributed by atoms with Gasteiger partial charge in [0.05, 0.1) is 12.3 Å². The lowest BCUT2D eigenvalue weighted by molar-refractivity contribution is -0.116. The van der Waals surface area contributed by atoms with Gasteiger partial charge in [-0.3, -0.25) is 14.6 Å². The van der Waals surface area contributed by atoms with Crippen molar-refractivity contribution in [3.8, 4) is 0 Å². The Hall–Kier alpha value is -0.980. The molecule has 18 heavy (non-hydrogen) atoms. The summed E-state index contributed by atoms with van der Waals surface area (Å²) in [4.78, 5) is 19.9. The largest absolute Gasteiger partial charge is 0.395 e. The van der Waals surface area contributed by atoms with Crippen LogP contribution in [0.2, 0.25) is 0 Å². The summed E-state index contributed by atoms with van der Waals surface area (Å²) in [5, 5.41) is 11.6. The Labute approximate surface area is 111 Å². The smallest absolute Gasteiger partial charge is 0.225 e. The lowest BCUT2D eigenvalue weighted by Gasteiger charge is -2.17. The lowest BCUT2D eigenvalue weighted by Crippen LogP contribution is -2.30. The zero-order valence-corrected chi connectivity index (χ0v) is 11.6. The third-order valence-electron chi connectivity index (χ3n) is 2.91. The fourth-order valence-electron chi connectivity index (χ4n) is 1.89. The molecule has 1 amide bonds. The normalized spacial score (nSPS) is 15.1. The molecule has 0 bridgehead atoms. The summed E-state index contributed by atoms with van der Waals surface area (Å²) in [5.74, 6) is 0.0714. The van der Waals surface area contributed by atoms with Crippen LogP contribution in [0, 0.1) is 0 Å². The number of hydrogen-bond donors (Lipinski definition) is 1. The molecule has 0 aromatic carbocycles. The van der Waals surface area contributed by atoms with Crippen molar-refractivity contribution >= 4 is 22.4 Å². The van der Waals surface area contributed by atoms with Crippen molar-refractivity contribution in [2.45, 2.75) is 32.4 Å². The minimum Gasteiger partial charge on any atom is -0.395 e. The van der Waals surface area contributed by atoms with Crippen LogP contribution in [-0.2, 0) is 11.3 Å². The van der Waals surface area contributed by atoms with E-state index in [1.807, 2.05) is 17.3 Å². The minimum absolute atomic E-state index is 0.0714. The van der Waals surface area contributed by atoms with Crippen LogP contribution in [-0.4, -0.2) is 47.1 Å². The standard InChI is InChI=1S/C12H19N3O2S/c1-9(17)15(11-3-4-11)12-13-10(8-18-12)7-14(2)5-6-16/h8,11,16H,3-7H2,1-2H3. The van der Waals surface area contributed by atoms with Crippen molar-refractivity contribution in [2.75, 3.05) is 25.1 Å². The molecule has 1 aromatic heterocycles. The number of amides is 1. The van der Waals surface area contributed by atoms with E-state index >= 15 is 0 Å². The average molecular weight is 269 g/mol. The number of aromatic nitrogens is 1. The molecule has 1 saturated carbocycles. The fourth-order valence-corrected chi connectivity index (χ4v) is 2.82. The summed E-state index contributed by atoms with van der Waals surface area (Å²) >= 11 is 1.52. The molecule has 6 heteroatoms. The van der Waals surface area contributed by atoms with Crippen molar-refractivity contribution in [3.05, 3.63) is 11.1 Å². The Morgan fingerprint density at radius 1 is 1.61 bits per heavy atom. The predicted octanol–water partition coefficient (Wildman–Crippen LogP) is 1.08. The second-order valence-electron chi connectivity index (χ2n) is 4.70. The van der Waals surface area contributed by atoms with E-state index in [0.29, 0.717) is 19.1 Å². The monoisotopic (exact) mass is 269 g/mol. The zero-order valence-electron chi connectivity index (χ0n) is 10.8. The second kappa shape index (κ2) is 5.77. The van der Waals surface area contributed by atoms with Gasteiger partial charge in [-0.1, -0.05) is 0 Å². The Morgan fingerprint density at radius 2 is 2.33 bits per heavy atom. The van der Waals surface area contributed by atoms with E-state index in [0.717, 1.165) is 23.7 Å². The van der Waals surface area contributed by atoms with E-state index < -0.39 is 0 Å². The van der Waals surface area contributed by atoms with E-state index in [2.05, 4.69) is 4.98 Å². The van der Waals surface area contributed by atoms with Crippen LogP contribution in [0.1, 0.15) is 25.5 Å². The maximum atomic E-state index is 11.6. The van der Waals surface area contributed by atoms with Crippen LogP contribution >= 0.6 is 11.3 Å². The summed E-state index contributed by atoms with van der Waals surface area (Å²) in [6.45, 7) is 3.08. The average Bonchev–Trinajstić information content (AvgIpc) is 3.00. The van der Waals surface area contributed by atoms with Crippen LogP contribution in [0.5, 0.6) is 0 Å².